The lowest BCUT2D eigenvalue weighted by Gasteiger charge is -2.01. The molecule has 0 atom stereocenters. The van der Waals surface area contributed by atoms with Crippen molar-refractivity contribution in [2.75, 3.05) is 12.3 Å². The molecule has 0 bridgehead atoms. The highest BCUT2D eigenvalue weighted by atomic mass is 32.1. The average molecular weight is 252 g/mol. The first-order valence-corrected chi connectivity index (χ1v) is 6.31. The van der Waals surface area contributed by atoms with Gasteiger partial charge in [-0.2, -0.15) is 5.26 Å². The van der Waals surface area contributed by atoms with Gasteiger partial charge in [0, 0.05) is 4.88 Å². The van der Waals surface area contributed by atoms with Crippen LogP contribution in [0.2, 0.25) is 0 Å². The summed E-state index contributed by atoms with van der Waals surface area (Å²) in [6.45, 7) is 6.15. The van der Waals surface area contributed by atoms with Gasteiger partial charge in [-0.25, -0.2) is 4.79 Å². The van der Waals surface area contributed by atoms with Gasteiger partial charge >= 0.3 is 5.97 Å². The molecule has 1 aromatic heterocycles. The smallest absolute Gasteiger partial charge is 0.350 e. The molecule has 92 valence electrons. The number of thiophene rings is 1. The molecule has 0 aliphatic carbocycles. The molecular formula is C12H16N2O2S. The van der Waals surface area contributed by atoms with Crippen molar-refractivity contribution >= 4 is 23.0 Å². The molecule has 1 aromatic rings. The van der Waals surface area contributed by atoms with E-state index >= 15 is 0 Å². The molecule has 0 fully saturated rings. The molecule has 4 nitrogen and oxygen atoms in total. The van der Waals surface area contributed by atoms with Gasteiger partial charge in [0.2, 0.25) is 0 Å². The van der Waals surface area contributed by atoms with Crippen LogP contribution >= 0.6 is 11.3 Å². The van der Waals surface area contributed by atoms with Crippen molar-refractivity contribution in [3.8, 4) is 6.07 Å². The molecule has 17 heavy (non-hydrogen) atoms. The second-order valence-electron chi connectivity index (χ2n) is 4.07. The second kappa shape index (κ2) is 5.69. The zero-order valence-corrected chi connectivity index (χ0v) is 11.1. The molecular weight excluding hydrogens is 236 g/mol. The van der Waals surface area contributed by atoms with Crippen molar-refractivity contribution in [2.45, 2.75) is 27.2 Å². The summed E-state index contributed by atoms with van der Waals surface area (Å²) in [6, 6.07) is 2.06. The van der Waals surface area contributed by atoms with Crippen LogP contribution < -0.4 is 5.73 Å². The van der Waals surface area contributed by atoms with Crippen LogP contribution in [0.5, 0.6) is 0 Å². The van der Waals surface area contributed by atoms with Crippen molar-refractivity contribution in [3.05, 3.63) is 15.3 Å². The van der Waals surface area contributed by atoms with Crippen LogP contribution in [0.3, 0.4) is 0 Å². The zero-order valence-electron chi connectivity index (χ0n) is 10.2. The summed E-state index contributed by atoms with van der Waals surface area (Å²) >= 11 is 1.27. The van der Waals surface area contributed by atoms with Gasteiger partial charge < -0.3 is 10.5 Å². The summed E-state index contributed by atoms with van der Waals surface area (Å²) in [5.41, 5.74) is 6.49. The normalized spacial score (nSPS) is 10.3. The number of carbonyl (C=O) groups excluding carboxylic acids is 1. The Morgan fingerprint density at radius 1 is 1.59 bits per heavy atom. The number of nitriles is 1. The van der Waals surface area contributed by atoms with Gasteiger partial charge in [-0.05, 0) is 19.3 Å². The fraction of sp³-hybridized carbons (Fsp3) is 0.500. The van der Waals surface area contributed by atoms with Crippen molar-refractivity contribution < 1.29 is 9.53 Å². The van der Waals surface area contributed by atoms with Gasteiger partial charge in [0.05, 0.1) is 17.9 Å². The predicted molar refractivity (Wildman–Crippen MR) is 67.9 cm³/mol. The van der Waals surface area contributed by atoms with Gasteiger partial charge in [-0.15, -0.1) is 11.3 Å². The largest absolute Gasteiger partial charge is 0.462 e. The maximum absolute atomic E-state index is 11.6. The van der Waals surface area contributed by atoms with Crippen LogP contribution in [0.25, 0.3) is 0 Å². The first kappa shape index (κ1) is 13.5. The number of anilines is 1. The minimum absolute atomic E-state index is 0.256. The van der Waals surface area contributed by atoms with E-state index in [1.165, 1.54) is 11.3 Å². The summed E-state index contributed by atoms with van der Waals surface area (Å²) in [5, 5.41) is 9.06. The Balaban J connectivity index is 3.14. The lowest BCUT2D eigenvalue weighted by molar-refractivity contribution is 0.0533. The first-order chi connectivity index (χ1) is 8.01. The van der Waals surface area contributed by atoms with E-state index in [1.807, 2.05) is 0 Å². The molecule has 0 aliphatic rings. The lowest BCUT2D eigenvalue weighted by atomic mass is 10.1. The van der Waals surface area contributed by atoms with Gasteiger partial charge in [0.1, 0.15) is 10.9 Å². The molecule has 0 saturated heterocycles. The Kier molecular flexibility index (Phi) is 4.53. The van der Waals surface area contributed by atoms with E-state index in [9.17, 15) is 4.79 Å². The minimum atomic E-state index is -0.443. The van der Waals surface area contributed by atoms with Crippen LogP contribution in [0.4, 0.5) is 5.69 Å². The van der Waals surface area contributed by atoms with Crippen LogP contribution in [0.15, 0.2) is 0 Å². The molecule has 0 saturated carbocycles. The Hall–Kier alpha value is -1.54. The molecule has 0 aromatic carbocycles. The number of nitrogens with zero attached hydrogens (tertiary/aromatic N) is 1. The number of nitrogens with two attached hydrogens (primary N) is 1. The van der Waals surface area contributed by atoms with Crippen LogP contribution in [0, 0.1) is 17.2 Å². The fourth-order valence-electron chi connectivity index (χ4n) is 1.48. The zero-order chi connectivity index (χ0) is 13.0. The number of ether oxygens (including phenoxy) is 1. The predicted octanol–water partition coefficient (Wildman–Crippen LogP) is 2.58. The molecule has 1 heterocycles. The third kappa shape index (κ3) is 2.98. The number of rotatable bonds is 4. The number of hydrogen-bond donors (Lipinski definition) is 1. The molecule has 0 spiro atoms. The third-order valence-corrected chi connectivity index (χ3v) is 3.39. The molecule has 0 amide bonds. The standard InChI is InChI=1S/C12H16N2O2S/c1-4-16-12(15)11-10(14)8(6-13)9(17-11)5-7(2)3/h7H,4-5,14H2,1-3H3. The van der Waals surface area contributed by atoms with Crippen molar-refractivity contribution in [1.29, 1.82) is 5.26 Å². The maximum atomic E-state index is 11.6. The minimum Gasteiger partial charge on any atom is -0.462 e. The van der Waals surface area contributed by atoms with Gasteiger partial charge in [0.25, 0.3) is 0 Å². The summed E-state index contributed by atoms with van der Waals surface area (Å²) in [5.74, 6) is -0.0308. The van der Waals surface area contributed by atoms with E-state index < -0.39 is 5.97 Å². The number of carbonyl (C=O) groups is 1. The van der Waals surface area contributed by atoms with Crippen molar-refractivity contribution in [1.82, 2.24) is 0 Å². The number of esters is 1. The number of hydrogen-bond acceptors (Lipinski definition) is 5. The third-order valence-electron chi connectivity index (χ3n) is 2.18. The topological polar surface area (TPSA) is 76.1 Å². The summed E-state index contributed by atoms with van der Waals surface area (Å²) in [7, 11) is 0. The van der Waals surface area contributed by atoms with E-state index in [2.05, 4.69) is 19.9 Å². The highest BCUT2D eigenvalue weighted by Crippen LogP contribution is 2.32. The van der Waals surface area contributed by atoms with E-state index in [1.54, 1.807) is 6.92 Å². The van der Waals surface area contributed by atoms with Crippen molar-refractivity contribution in [2.24, 2.45) is 5.92 Å². The first-order valence-electron chi connectivity index (χ1n) is 5.49. The van der Waals surface area contributed by atoms with E-state index in [4.69, 9.17) is 15.7 Å². The molecule has 5 heteroatoms. The highest BCUT2D eigenvalue weighted by molar-refractivity contribution is 7.14. The Morgan fingerprint density at radius 3 is 2.71 bits per heavy atom. The highest BCUT2D eigenvalue weighted by Gasteiger charge is 2.22. The summed E-state index contributed by atoms with van der Waals surface area (Å²) in [6.07, 6.45) is 0.747. The molecule has 0 aliphatic heterocycles. The van der Waals surface area contributed by atoms with E-state index in [0.717, 1.165) is 11.3 Å². The summed E-state index contributed by atoms with van der Waals surface area (Å²) < 4.78 is 4.91. The van der Waals surface area contributed by atoms with Crippen LogP contribution in [-0.2, 0) is 11.2 Å². The SMILES string of the molecule is CCOC(=O)c1sc(CC(C)C)c(C#N)c1N. The second-order valence-corrected chi connectivity index (χ2v) is 5.18. The Morgan fingerprint density at radius 2 is 2.24 bits per heavy atom. The Bertz CT molecular complexity index is 458. The Labute approximate surface area is 105 Å². The fourth-order valence-corrected chi connectivity index (χ4v) is 2.75. The quantitative estimate of drug-likeness (QED) is 0.835. The van der Waals surface area contributed by atoms with Crippen LogP contribution in [0.1, 0.15) is 40.9 Å². The van der Waals surface area contributed by atoms with Crippen LogP contribution in [-0.4, -0.2) is 12.6 Å². The van der Waals surface area contributed by atoms with E-state index in [0.29, 0.717) is 23.0 Å². The number of nitrogen functional groups attached to an aromatic ring is 1. The van der Waals surface area contributed by atoms with Crippen molar-refractivity contribution in [3.63, 3.8) is 0 Å². The van der Waals surface area contributed by atoms with Gasteiger partial charge in [0.15, 0.2) is 0 Å². The van der Waals surface area contributed by atoms with Gasteiger partial charge in [-0.3, -0.25) is 0 Å². The molecule has 0 radical (unpaired) electrons. The monoisotopic (exact) mass is 252 g/mol. The molecule has 1 rings (SSSR count). The van der Waals surface area contributed by atoms with E-state index in [-0.39, 0.29) is 5.69 Å². The summed E-state index contributed by atoms with van der Waals surface area (Å²) in [4.78, 5) is 12.8. The molecule has 2 N–H and O–H groups in total. The average Bonchev–Trinajstić information content (AvgIpc) is 2.54. The molecule has 0 unspecified atom stereocenters. The van der Waals surface area contributed by atoms with Gasteiger partial charge in [-0.1, -0.05) is 13.8 Å². The maximum Gasteiger partial charge on any atom is 0.350 e. The lowest BCUT2D eigenvalue weighted by Crippen LogP contribution is -2.05.